The zero-order valence-corrected chi connectivity index (χ0v) is 19.3. The van der Waals surface area contributed by atoms with Crippen molar-refractivity contribution in [1.82, 2.24) is 0 Å². The second-order valence-corrected chi connectivity index (χ2v) is 10.6. The molecule has 0 saturated carbocycles. The molecule has 0 unspecified atom stereocenters. The maximum Gasteiger partial charge on any atom is 0.305 e. The molecule has 4 heteroatoms. The molecule has 0 aliphatic heterocycles. The third-order valence-corrected chi connectivity index (χ3v) is 6.86. The first-order valence-corrected chi connectivity index (χ1v) is 11.8. The molecule has 1 heterocycles. The Morgan fingerprint density at radius 1 is 0.800 bits per heavy atom. The summed E-state index contributed by atoms with van der Waals surface area (Å²) in [6.07, 6.45) is 0. The number of benzene rings is 3. The highest BCUT2D eigenvalue weighted by Gasteiger charge is 2.30. The smallest absolute Gasteiger partial charge is 0.305 e. The normalized spacial score (nSPS) is 11.4. The Labute approximate surface area is 187 Å². The lowest BCUT2D eigenvalue weighted by Crippen LogP contribution is -2.37. The van der Waals surface area contributed by atoms with Gasteiger partial charge in [0.25, 0.3) is 0 Å². The standard InChI is InChI=1S/C26H27N2S2/c1-26(2,3)27-24-23(21-15-9-5-10-16-21)28(19-20-13-7-4-8-14-20)25(30-24)29-22-17-11-6-12-18-22/h4-18,27H,19H2,1-3H3/q+1. The van der Waals surface area contributed by atoms with Gasteiger partial charge in [-0.15, -0.1) is 0 Å². The van der Waals surface area contributed by atoms with Gasteiger partial charge in [-0.2, -0.15) is 4.57 Å². The van der Waals surface area contributed by atoms with E-state index in [1.54, 1.807) is 0 Å². The fourth-order valence-electron chi connectivity index (χ4n) is 3.29. The van der Waals surface area contributed by atoms with Gasteiger partial charge in [0.05, 0.1) is 0 Å². The molecule has 0 spiro atoms. The van der Waals surface area contributed by atoms with Crippen molar-refractivity contribution in [1.29, 1.82) is 0 Å². The van der Waals surface area contributed by atoms with Crippen molar-refractivity contribution in [2.75, 3.05) is 5.32 Å². The van der Waals surface area contributed by atoms with E-state index in [4.69, 9.17) is 0 Å². The largest absolute Gasteiger partial charge is 0.367 e. The summed E-state index contributed by atoms with van der Waals surface area (Å²) in [4.78, 5) is 1.25. The topological polar surface area (TPSA) is 15.9 Å². The molecule has 1 aromatic heterocycles. The molecule has 0 saturated heterocycles. The maximum atomic E-state index is 3.76. The van der Waals surface area contributed by atoms with Crippen molar-refractivity contribution in [3.63, 3.8) is 0 Å². The third-order valence-electron chi connectivity index (χ3n) is 4.56. The Kier molecular flexibility index (Phi) is 6.26. The number of thiazole rings is 1. The van der Waals surface area contributed by atoms with E-state index in [2.05, 4.69) is 122 Å². The van der Waals surface area contributed by atoms with E-state index >= 15 is 0 Å². The molecule has 0 bridgehead atoms. The minimum Gasteiger partial charge on any atom is -0.367 e. The fraction of sp³-hybridized carbons (Fsp3) is 0.192. The summed E-state index contributed by atoms with van der Waals surface area (Å²) in [5.74, 6) is 0. The number of hydrogen-bond acceptors (Lipinski definition) is 3. The first kappa shape index (κ1) is 20.7. The van der Waals surface area contributed by atoms with Crippen LogP contribution in [0.25, 0.3) is 11.3 Å². The van der Waals surface area contributed by atoms with Gasteiger partial charge >= 0.3 is 4.34 Å². The highest BCUT2D eigenvalue weighted by molar-refractivity contribution is 8.01. The first-order chi connectivity index (χ1) is 14.5. The van der Waals surface area contributed by atoms with Crippen LogP contribution in [-0.4, -0.2) is 5.54 Å². The average Bonchev–Trinajstić information content (AvgIpc) is 3.05. The van der Waals surface area contributed by atoms with Crippen molar-refractivity contribution in [3.05, 3.63) is 96.6 Å². The molecular weight excluding hydrogens is 404 g/mol. The molecule has 0 radical (unpaired) electrons. The highest BCUT2D eigenvalue weighted by atomic mass is 32.2. The van der Waals surface area contributed by atoms with Gasteiger partial charge in [0.15, 0.2) is 11.5 Å². The summed E-state index contributed by atoms with van der Waals surface area (Å²) >= 11 is 3.67. The van der Waals surface area contributed by atoms with E-state index in [1.165, 1.54) is 31.1 Å². The van der Waals surface area contributed by atoms with Crippen LogP contribution in [0.4, 0.5) is 5.00 Å². The Hall–Kier alpha value is -2.56. The number of aromatic nitrogens is 1. The van der Waals surface area contributed by atoms with E-state index in [0.717, 1.165) is 6.54 Å². The van der Waals surface area contributed by atoms with Crippen LogP contribution >= 0.6 is 23.1 Å². The summed E-state index contributed by atoms with van der Waals surface area (Å²) in [5, 5.41) is 4.98. The Morgan fingerprint density at radius 3 is 1.97 bits per heavy atom. The summed E-state index contributed by atoms with van der Waals surface area (Å²) in [7, 11) is 0. The number of anilines is 1. The maximum absolute atomic E-state index is 3.76. The van der Waals surface area contributed by atoms with Crippen molar-refractivity contribution in [2.24, 2.45) is 0 Å². The summed E-state index contributed by atoms with van der Waals surface area (Å²) < 4.78 is 3.73. The highest BCUT2D eigenvalue weighted by Crippen LogP contribution is 2.40. The molecule has 30 heavy (non-hydrogen) atoms. The van der Waals surface area contributed by atoms with E-state index in [1.807, 2.05) is 23.1 Å². The van der Waals surface area contributed by atoms with E-state index in [0.29, 0.717) is 0 Å². The minimum absolute atomic E-state index is 0.0202. The fourth-order valence-corrected chi connectivity index (χ4v) is 5.88. The van der Waals surface area contributed by atoms with E-state index < -0.39 is 0 Å². The molecule has 0 amide bonds. The predicted molar refractivity (Wildman–Crippen MR) is 129 cm³/mol. The van der Waals surface area contributed by atoms with E-state index in [9.17, 15) is 0 Å². The van der Waals surface area contributed by atoms with Crippen LogP contribution in [0.15, 0.2) is 100 Å². The molecule has 0 atom stereocenters. The van der Waals surface area contributed by atoms with Crippen molar-refractivity contribution in [3.8, 4) is 11.3 Å². The summed E-state index contributed by atoms with van der Waals surface area (Å²) in [5.41, 5.74) is 3.76. The molecule has 2 nitrogen and oxygen atoms in total. The number of hydrogen-bond donors (Lipinski definition) is 1. The van der Waals surface area contributed by atoms with Crippen LogP contribution in [-0.2, 0) is 6.54 Å². The Balaban J connectivity index is 1.87. The number of nitrogens with one attached hydrogen (secondary N) is 1. The Morgan fingerprint density at radius 2 is 1.37 bits per heavy atom. The monoisotopic (exact) mass is 431 g/mol. The molecule has 3 aromatic carbocycles. The van der Waals surface area contributed by atoms with Gasteiger partial charge in [0.1, 0.15) is 0 Å². The van der Waals surface area contributed by atoms with Crippen LogP contribution in [0, 0.1) is 0 Å². The zero-order valence-electron chi connectivity index (χ0n) is 17.6. The lowest BCUT2D eigenvalue weighted by Gasteiger charge is -2.20. The minimum atomic E-state index is -0.0202. The second-order valence-electron chi connectivity index (χ2n) is 8.27. The van der Waals surface area contributed by atoms with Gasteiger partial charge in [-0.3, -0.25) is 0 Å². The molecule has 0 aliphatic rings. The van der Waals surface area contributed by atoms with Crippen LogP contribution in [0.2, 0.25) is 0 Å². The van der Waals surface area contributed by atoms with Crippen LogP contribution in [0.1, 0.15) is 26.3 Å². The van der Waals surface area contributed by atoms with Crippen LogP contribution in [0.5, 0.6) is 0 Å². The van der Waals surface area contributed by atoms with Crippen LogP contribution in [0.3, 0.4) is 0 Å². The van der Waals surface area contributed by atoms with Gasteiger partial charge in [-0.1, -0.05) is 66.7 Å². The van der Waals surface area contributed by atoms with Gasteiger partial charge in [-0.25, -0.2) is 0 Å². The van der Waals surface area contributed by atoms with Gasteiger partial charge in [0, 0.05) is 21.6 Å². The molecule has 4 aromatic rings. The SMILES string of the molecule is CC(C)(C)Nc1sc(Sc2ccccc2)[n+](Cc2ccccc2)c1-c1ccccc1. The molecule has 4 rings (SSSR count). The van der Waals surface area contributed by atoms with E-state index in [-0.39, 0.29) is 5.54 Å². The number of rotatable bonds is 6. The number of nitrogens with zero attached hydrogens (tertiary/aromatic N) is 1. The predicted octanol–water partition coefficient (Wildman–Crippen LogP) is 7.11. The van der Waals surface area contributed by atoms with Gasteiger partial charge in [-0.05, 0) is 68.1 Å². The van der Waals surface area contributed by atoms with Gasteiger partial charge < -0.3 is 5.32 Å². The van der Waals surface area contributed by atoms with Crippen molar-refractivity contribution >= 4 is 28.1 Å². The summed E-state index contributed by atoms with van der Waals surface area (Å²) in [6.45, 7) is 7.48. The molecular formula is C26H27N2S2+. The molecule has 0 fully saturated rings. The van der Waals surface area contributed by atoms with Gasteiger partial charge in [0.2, 0.25) is 5.69 Å². The molecule has 0 aliphatic carbocycles. The van der Waals surface area contributed by atoms with Crippen molar-refractivity contribution < 1.29 is 4.57 Å². The third kappa shape index (κ3) is 5.13. The Bertz CT molecular complexity index is 1080. The van der Waals surface area contributed by atoms with Crippen molar-refractivity contribution in [2.45, 2.75) is 42.1 Å². The summed E-state index contributed by atoms with van der Waals surface area (Å²) in [6, 6.07) is 32.0. The quantitative estimate of drug-likeness (QED) is 0.327. The average molecular weight is 432 g/mol. The van der Waals surface area contributed by atoms with Crippen LogP contribution < -0.4 is 9.88 Å². The molecule has 1 N–H and O–H groups in total. The zero-order chi connectivity index (χ0) is 21.0. The molecule has 152 valence electrons. The second kappa shape index (κ2) is 9.07. The lowest BCUT2D eigenvalue weighted by molar-refractivity contribution is -0.707. The lowest BCUT2D eigenvalue weighted by atomic mass is 10.1. The first-order valence-electron chi connectivity index (χ1n) is 10.2.